The summed E-state index contributed by atoms with van der Waals surface area (Å²) in [6, 6.07) is 5.39. The molecule has 1 aromatic carbocycles. The first-order valence-electron chi connectivity index (χ1n) is 7.33. The fraction of sp³-hybridized carbons (Fsp3) is 0.562. The van der Waals surface area contributed by atoms with Gasteiger partial charge in [-0.2, -0.15) is 0 Å². The van der Waals surface area contributed by atoms with Crippen LogP contribution in [0.4, 0.5) is 0 Å². The molecule has 5 nitrogen and oxygen atoms in total. The average Bonchev–Trinajstić information content (AvgIpc) is 2.53. The fourth-order valence-corrected chi connectivity index (χ4v) is 2.78. The van der Waals surface area contributed by atoms with E-state index in [0.29, 0.717) is 23.0 Å². The van der Waals surface area contributed by atoms with Crippen molar-refractivity contribution < 1.29 is 14.3 Å². The van der Waals surface area contributed by atoms with E-state index in [1.165, 1.54) is 0 Å². The molecule has 1 aliphatic heterocycles. The van der Waals surface area contributed by atoms with Crippen LogP contribution in [0.25, 0.3) is 0 Å². The van der Waals surface area contributed by atoms with Gasteiger partial charge >= 0.3 is 0 Å². The van der Waals surface area contributed by atoms with Crippen molar-refractivity contribution in [3.05, 3.63) is 23.8 Å². The molecule has 1 aliphatic rings. The maximum atomic E-state index is 12.6. The highest BCUT2D eigenvalue weighted by Crippen LogP contribution is 2.29. The first kappa shape index (κ1) is 15.6. The molecule has 0 aromatic heterocycles. The summed E-state index contributed by atoms with van der Waals surface area (Å²) in [5, 5.41) is 0. The Morgan fingerprint density at radius 1 is 1.33 bits per heavy atom. The van der Waals surface area contributed by atoms with E-state index >= 15 is 0 Å². The van der Waals surface area contributed by atoms with Crippen LogP contribution in [-0.2, 0) is 0 Å². The van der Waals surface area contributed by atoms with Crippen LogP contribution in [0.1, 0.15) is 30.1 Å². The second-order valence-corrected chi connectivity index (χ2v) is 5.58. The van der Waals surface area contributed by atoms with E-state index in [0.717, 1.165) is 25.9 Å². The van der Waals surface area contributed by atoms with Crippen LogP contribution in [-0.4, -0.2) is 44.2 Å². The molecule has 1 saturated heterocycles. The summed E-state index contributed by atoms with van der Waals surface area (Å²) in [5.41, 5.74) is 6.60. The van der Waals surface area contributed by atoms with Gasteiger partial charge in [0.25, 0.3) is 5.91 Å². The molecule has 5 heteroatoms. The van der Waals surface area contributed by atoms with Crippen LogP contribution < -0.4 is 15.2 Å². The van der Waals surface area contributed by atoms with Crippen LogP contribution in [0, 0.1) is 5.92 Å². The topological polar surface area (TPSA) is 64.8 Å². The molecule has 0 saturated carbocycles. The Morgan fingerprint density at radius 3 is 2.67 bits per heavy atom. The van der Waals surface area contributed by atoms with Crippen molar-refractivity contribution >= 4 is 5.91 Å². The Kier molecular flexibility index (Phi) is 5.07. The van der Waals surface area contributed by atoms with E-state index in [1.54, 1.807) is 32.4 Å². The predicted molar refractivity (Wildman–Crippen MR) is 81.8 cm³/mol. The monoisotopic (exact) mass is 292 g/mol. The van der Waals surface area contributed by atoms with Crippen LogP contribution in [0.2, 0.25) is 0 Å². The van der Waals surface area contributed by atoms with Crippen molar-refractivity contribution in [2.24, 2.45) is 11.7 Å². The number of nitrogens with zero attached hydrogens (tertiary/aromatic N) is 1. The summed E-state index contributed by atoms with van der Waals surface area (Å²) in [4.78, 5) is 14.5. The third kappa shape index (κ3) is 3.47. The van der Waals surface area contributed by atoms with E-state index < -0.39 is 0 Å². The summed E-state index contributed by atoms with van der Waals surface area (Å²) in [5.74, 6) is 1.61. The molecule has 2 N–H and O–H groups in total. The van der Waals surface area contributed by atoms with Gasteiger partial charge in [0.1, 0.15) is 0 Å². The number of amides is 1. The zero-order chi connectivity index (χ0) is 15.4. The van der Waals surface area contributed by atoms with Gasteiger partial charge in [-0.25, -0.2) is 0 Å². The lowest BCUT2D eigenvalue weighted by Crippen LogP contribution is -2.45. The minimum absolute atomic E-state index is 0.0290. The van der Waals surface area contributed by atoms with Crippen LogP contribution in [0.15, 0.2) is 18.2 Å². The summed E-state index contributed by atoms with van der Waals surface area (Å²) in [7, 11) is 3.15. The van der Waals surface area contributed by atoms with Crippen LogP contribution >= 0.6 is 0 Å². The van der Waals surface area contributed by atoms with Gasteiger partial charge in [0.2, 0.25) is 0 Å². The lowest BCUT2D eigenvalue weighted by Gasteiger charge is -2.34. The molecular formula is C16H24N2O3. The molecule has 2 unspecified atom stereocenters. The number of benzene rings is 1. The highest BCUT2D eigenvalue weighted by molar-refractivity contribution is 5.95. The van der Waals surface area contributed by atoms with E-state index in [9.17, 15) is 4.79 Å². The average molecular weight is 292 g/mol. The summed E-state index contributed by atoms with van der Waals surface area (Å²) in [6.07, 6.45) is 2.10. The fourth-order valence-electron chi connectivity index (χ4n) is 2.78. The Labute approximate surface area is 126 Å². The van der Waals surface area contributed by atoms with Crippen molar-refractivity contribution in [3.8, 4) is 11.5 Å². The van der Waals surface area contributed by atoms with Gasteiger partial charge in [-0.15, -0.1) is 0 Å². The molecule has 1 amide bonds. The highest BCUT2D eigenvalue weighted by atomic mass is 16.5. The molecule has 1 heterocycles. The van der Waals surface area contributed by atoms with Gasteiger partial charge in [0.15, 0.2) is 11.5 Å². The molecule has 0 spiro atoms. The molecule has 1 fully saturated rings. The van der Waals surface area contributed by atoms with E-state index in [4.69, 9.17) is 15.2 Å². The van der Waals surface area contributed by atoms with Gasteiger partial charge in [-0.1, -0.05) is 0 Å². The van der Waals surface area contributed by atoms with Crippen LogP contribution in [0.5, 0.6) is 11.5 Å². The molecule has 21 heavy (non-hydrogen) atoms. The third-order valence-corrected chi connectivity index (χ3v) is 4.12. The van der Waals surface area contributed by atoms with Crippen molar-refractivity contribution in [3.63, 3.8) is 0 Å². The molecule has 2 atom stereocenters. The number of piperidine rings is 1. The van der Waals surface area contributed by atoms with Crippen molar-refractivity contribution in [1.29, 1.82) is 0 Å². The second-order valence-electron chi connectivity index (χ2n) is 5.58. The summed E-state index contributed by atoms with van der Waals surface area (Å²) in [6.45, 7) is 3.52. The maximum absolute atomic E-state index is 12.6. The van der Waals surface area contributed by atoms with Crippen molar-refractivity contribution in [1.82, 2.24) is 4.90 Å². The molecule has 0 aliphatic carbocycles. The number of ether oxygens (including phenoxy) is 2. The van der Waals surface area contributed by atoms with E-state index in [-0.39, 0.29) is 11.9 Å². The number of carbonyl (C=O) groups excluding carboxylic acids is 1. The molecule has 116 valence electrons. The maximum Gasteiger partial charge on any atom is 0.254 e. The molecule has 0 radical (unpaired) electrons. The Morgan fingerprint density at radius 2 is 2.05 bits per heavy atom. The second kappa shape index (κ2) is 6.80. The minimum atomic E-state index is 0.0290. The smallest absolute Gasteiger partial charge is 0.254 e. The van der Waals surface area contributed by atoms with Gasteiger partial charge in [-0.3, -0.25) is 4.79 Å². The normalized spacial score (nSPS) is 20.0. The zero-order valence-electron chi connectivity index (χ0n) is 13.0. The highest BCUT2D eigenvalue weighted by Gasteiger charge is 2.26. The lowest BCUT2D eigenvalue weighted by atomic mass is 9.92. The SMILES string of the molecule is COc1ccc(C(=O)N2CCCC(C(C)N)C2)cc1OC. The first-order valence-corrected chi connectivity index (χ1v) is 7.33. The number of carbonyl (C=O) groups is 1. The Bertz CT molecular complexity index is 502. The van der Waals surface area contributed by atoms with E-state index in [2.05, 4.69) is 0 Å². The van der Waals surface area contributed by atoms with Gasteiger partial charge in [0, 0.05) is 24.7 Å². The molecule has 1 aromatic rings. The van der Waals surface area contributed by atoms with E-state index in [1.807, 2.05) is 11.8 Å². The van der Waals surface area contributed by atoms with Gasteiger partial charge < -0.3 is 20.1 Å². The van der Waals surface area contributed by atoms with Crippen molar-refractivity contribution in [2.75, 3.05) is 27.3 Å². The first-order chi connectivity index (χ1) is 10.1. The van der Waals surface area contributed by atoms with Gasteiger partial charge in [0.05, 0.1) is 14.2 Å². The Balaban J connectivity index is 2.16. The number of hydrogen-bond donors (Lipinski definition) is 1. The third-order valence-electron chi connectivity index (χ3n) is 4.12. The standard InChI is InChI=1S/C16H24N2O3/c1-11(17)13-5-4-8-18(10-13)16(19)12-6-7-14(20-2)15(9-12)21-3/h6-7,9,11,13H,4-5,8,10,17H2,1-3H3. The quantitative estimate of drug-likeness (QED) is 0.920. The van der Waals surface area contributed by atoms with Gasteiger partial charge in [-0.05, 0) is 43.9 Å². The summed E-state index contributed by atoms with van der Waals surface area (Å²) >= 11 is 0. The largest absolute Gasteiger partial charge is 0.493 e. The molecule has 0 bridgehead atoms. The predicted octanol–water partition coefficient (Wildman–Crippen LogP) is 1.90. The molecule has 2 rings (SSSR count). The van der Waals surface area contributed by atoms with Crippen molar-refractivity contribution in [2.45, 2.75) is 25.8 Å². The minimum Gasteiger partial charge on any atom is -0.493 e. The number of methoxy groups -OCH3 is 2. The number of rotatable bonds is 4. The lowest BCUT2D eigenvalue weighted by molar-refractivity contribution is 0.0660. The molecular weight excluding hydrogens is 268 g/mol. The van der Waals surface area contributed by atoms with Crippen LogP contribution in [0.3, 0.4) is 0 Å². The number of hydrogen-bond acceptors (Lipinski definition) is 4. The zero-order valence-corrected chi connectivity index (χ0v) is 13.0. The Hall–Kier alpha value is -1.75. The summed E-state index contributed by atoms with van der Waals surface area (Å²) < 4.78 is 10.5. The number of nitrogens with two attached hydrogens (primary N) is 1. The number of likely N-dealkylation sites (tertiary alicyclic amines) is 1.